The number of ketones is 2. The molecular weight excluding hydrogens is 176 g/mol. The predicted octanol–water partition coefficient (Wildman–Crippen LogP) is 0.602. The first-order valence-electron chi connectivity index (χ1n) is 3.23. The fourth-order valence-electron chi connectivity index (χ4n) is 1.05. The number of fused-ring (bicyclic) bond motifs is 1. The third-order valence-corrected chi connectivity index (χ3v) is 1.96. The Morgan fingerprint density at radius 3 is 2.92 bits per heavy atom. The summed E-state index contributed by atoms with van der Waals surface area (Å²) < 4.78 is 0. The van der Waals surface area contributed by atoms with Crippen molar-refractivity contribution in [3.05, 3.63) is 28.4 Å². The fraction of sp³-hybridized carbons (Fsp3) is 0. The minimum absolute atomic E-state index is 0.161. The van der Waals surface area contributed by atoms with Crippen LogP contribution in [0.4, 0.5) is 0 Å². The number of hydrogen-bond donors (Lipinski definition) is 2. The highest BCUT2D eigenvalue weighted by Gasteiger charge is 2.25. The van der Waals surface area contributed by atoms with Crippen molar-refractivity contribution in [3.8, 4) is 0 Å². The van der Waals surface area contributed by atoms with E-state index in [4.69, 9.17) is 0 Å². The molecule has 1 aliphatic rings. The van der Waals surface area contributed by atoms with Crippen LogP contribution in [0.3, 0.4) is 0 Å². The number of nitrogens with one attached hydrogen (secondary N) is 1. The van der Waals surface area contributed by atoms with Gasteiger partial charge in [0, 0.05) is 6.08 Å². The van der Waals surface area contributed by atoms with Gasteiger partial charge in [0.25, 0.3) is 0 Å². The molecule has 0 amide bonds. The smallest absolute Gasteiger partial charge is 0.205 e. The third kappa shape index (κ3) is 0.831. The molecule has 0 spiro atoms. The van der Waals surface area contributed by atoms with E-state index in [0.717, 1.165) is 0 Å². The van der Waals surface area contributed by atoms with Gasteiger partial charge in [-0.05, 0) is 0 Å². The second-order valence-corrected chi connectivity index (χ2v) is 2.86. The van der Waals surface area contributed by atoms with Gasteiger partial charge in [-0.15, -0.1) is 12.6 Å². The van der Waals surface area contributed by atoms with E-state index in [1.54, 1.807) is 0 Å². The lowest BCUT2D eigenvalue weighted by molar-refractivity contribution is 0.0989. The number of aromatic amines is 1. The quantitative estimate of drug-likeness (QED) is 0.575. The van der Waals surface area contributed by atoms with E-state index in [1.807, 2.05) is 0 Å². The van der Waals surface area contributed by atoms with Crippen molar-refractivity contribution in [1.29, 1.82) is 0 Å². The minimum atomic E-state index is -0.262. The number of rotatable bonds is 0. The number of aromatic nitrogens is 2. The van der Waals surface area contributed by atoms with E-state index in [0.29, 0.717) is 5.56 Å². The lowest BCUT2D eigenvalue weighted by Gasteiger charge is -2.04. The Balaban J connectivity index is 2.67. The van der Waals surface area contributed by atoms with E-state index in [2.05, 4.69) is 22.8 Å². The van der Waals surface area contributed by atoms with Crippen molar-refractivity contribution in [2.45, 2.75) is 0 Å². The fourth-order valence-corrected chi connectivity index (χ4v) is 1.28. The Kier molecular flexibility index (Phi) is 1.41. The molecule has 1 aromatic rings. The van der Waals surface area contributed by atoms with Crippen LogP contribution in [0.5, 0.6) is 0 Å². The molecule has 0 aliphatic heterocycles. The van der Waals surface area contributed by atoms with Gasteiger partial charge in [0.05, 0.1) is 16.7 Å². The second-order valence-electron chi connectivity index (χ2n) is 2.38. The zero-order chi connectivity index (χ0) is 8.72. The monoisotopic (exact) mass is 180 g/mol. The van der Waals surface area contributed by atoms with Crippen molar-refractivity contribution in [2.24, 2.45) is 0 Å². The number of H-pyrrole nitrogens is 1. The molecule has 5 heteroatoms. The van der Waals surface area contributed by atoms with Crippen molar-refractivity contribution in [3.63, 3.8) is 0 Å². The molecule has 1 heterocycles. The van der Waals surface area contributed by atoms with Crippen LogP contribution in [0.2, 0.25) is 0 Å². The highest BCUT2D eigenvalue weighted by atomic mass is 32.1. The van der Waals surface area contributed by atoms with Gasteiger partial charge < -0.3 is 0 Å². The normalized spacial score (nSPS) is 15.9. The molecule has 60 valence electrons. The Bertz CT molecular complexity index is 405. The summed E-state index contributed by atoms with van der Waals surface area (Å²) in [7, 11) is 0. The van der Waals surface area contributed by atoms with E-state index in [-0.39, 0.29) is 22.2 Å². The molecule has 0 unspecified atom stereocenters. The molecule has 0 bridgehead atoms. The Morgan fingerprint density at radius 2 is 2.17 bits per heavy atom. The van der Waals surface area contributed by atoms with Crippen molar-refractivity contribution >= 4 is 24.2 Å². The molecule has 0 radical (unpaired) electrons. The zero-order valence-electron chi connectivity index (χ0n) is 5.87. The summed E-state index contributed by atoms with van der Waals surface area (Å²) in [5.74, 6) is -0.520. The van der Waals surface area contributed by atoms with Gasteiger partial charge >= 0.3 is 0 Å². The summed E-state index contributed by atoms with van der Waals surface area (Å²) in [6, 6.07) is 0. The lowest BCUT2D eigenvalue weighted by atomic mass is 10.0. The highest BCUT2D eigenvalue weighted by Crippen LogP contribution is 2.20. The Morgan fingerprint density at radius 1 is 1.42 bits per heavy atom. The zero-order valence-corrected chi connectivity index (χ0v) is 6.76. The van der Waals surface area contributed by atoms with Gasteiger partial charge in [0.1, 0.15) is 5.69 Å². The molecule has 0 saturated heterocycles. The van der Waals surface area contributed by atoms with Crippen LogP contribution in [0.1, 0.15) is 20.8 Å². The molecule has 1 N–H and O–H groups in total. The SMILES string of the molecule is O=C1C(S)=CC(=O)c2[nH]ncc21. The van der Waals surface area contributed by atoms with E-state index < -0.39 is 0 Å². The van der Waals surface area contributed by atoms with Gasteiger partial charge in [-0.2, -0.15) is 5.10 Å². The van der Waals surface area contributed by atoms with Crippen molar-refractivity contribution in [2.75, 3.05) is 0 Å². The molecule has 12 heavy (non-hydrogen) atoms. The molecule has 1 aromatic heterocycles. The molecule has 1 aliphatic carbocycles. The average molecular weight is 180 g/mol. The summed E-state index contributed by atoms with van der Waals surface area (Å²) in [6.45, 7) is 0. The highest BCUT2D eigenvalue weighted by molar-refractivity contribution is 7.85. The van der Waals surface area contributed by atoms with E-state index in [1.165, 1.54) is 12.3 Å². The summed E-state index contributed by atoms with van der Waals surface area (Å²) >= 11 is 3.86. The van der Waals surface area contributed by atoms with Crippen LogP contribution in [-0.4, -0.2) is 21.8 Å². The van der Waals surface area contributed by atoms with Crippen LogP contribution in [0.25, 0.3) is 0 Å². The standard InChI is InChI=1S/C7H4N2O2S/c10-4-1-5(12)7(11)3-2-8-9-6(3)4/h1-2,12H,(H,8,9). The number of carbonyl (C=O) groups excluding carboxylic acids is 2. The number of thiol groups is 1. The Labute approximate surface area is 73.1 Å². The van der Waals surface area contributed by atoms with Gasteiger partial charge in [-0.3, -0.25) is 14.7 Å². The third-order valence-electron chi connectivity index (χ3n) is 1.63. The topological polar surface area (TPSA) is 62.8 Å². The number of carbonyl (C=O) groups is 2. The van der Waals surface area contributed by atoms with Gasteiger partial charge in [0.2, 0.25) is 11.6 Å². The maximum absolute atomic E-state index is 11.3. The Hall–Kier alpha value is -1.36. The second kappa shape index (κ2) is 2.31. The molecule has 0 fully saturated rings. The molecular formula is C7H4N2O2S. The molecule has 4 nitrogen and oxygen atoms in total. The maximum Gasteiger partial charge on any atom is 0.205 e. The first-order valence-corrected chi connectivity index (χ1v) is 3.68. The molecule has 0 aromatic carbocycles. The summed E-state index contributed by atoms with van der Waals surface area (Å²) in [5.41, 5.74) is 0.547. The van der Waals surface area contributed by atoms with Crippen LogP contribution >= 0.6 is 12.6 Å². The molecule has 2 rings (SSSR count). The molecule has 0 atom stereocenters. The van der Waals surface area contributed by atoms with Crippen LogP contribution < -0.4 is 0 Å². The maximum atomic E-state index is 11.3. The largest absolute Gasteiger partial charge is 0.288 e. The number of hydrogen-bond acceptors (Lipinski definition) is 4. The van der Waals surface area contributed by atoms with E-state index >= 15 is 0 Å². The molecule has 0 saturated carbocycles. The lowest BCUT2D eigenvalue weighted by Crippen LogP contribution is -2.12. The minimum Gasteiger partial charge on any atom is -0.288 e. The van der Waals surface area contributed by atoms with Crippen molar-refractivity contribution in [1.82, 2.24) is 10.2 Å². The van der Waals surface area contributed by atoms with Gasteiger partial charge in [-0.1, -0.05) is 0 Å². The van der Waals surface area contributed by atoms with Gasteiger partial charge in [0.15, 0.2) is 0 Å². The van der Waals surface area contributed by atoms with Crippen LogP contribution in [0.15, 0.2) is 17.2 Å². The summed E-state index contributed by atoms with van der Waals surface area (Å²) in [6.07, 6.45) is 2.52. The first-order chi connectivity index (χ1) is 5.70. The van der Waals surface area contributed by atoms with Gasteiger partial charge in [-0.25, -0.2) is 0 Å². The number of nitrogens with zero attached hydrogens (tertiary/aromatic N) is 1. The van der Waals surface area contributed by atoms with Crippen LogP contribution in [0, 0.1) is 0 Å². The number of Topliss-reactive ketones (excluding diaryl/α,β-unsaturated/α-hetero) is 1. The summed E-state index contributed by atoms with van der Waals surface area (Å²) in [4.78, 5) is 22.6. The number of allylic oxidation sites excluding steroid dienone is 2. The predicted molar refractivity (Wildman–Crippen MR) is 44.3 cm³/mol. The first kappa shape index (κ1) is 7.30. The summed E-state index contributed by atoms with van der Waals surface area (Å²) in [5, 5.41) is 6.06. The average Bonchev–Trinajstić information content (AvgIpc) is 2.48. The van der Waals surface area contributed by atoms with E-state index in [9.17, 15) is 9.59 Å². The van der Waals surface area contributed by atoms with Crippen molar-refractivity contribution < 1.29 is 9.59 Å². The van der Waals surface area contributed by atoms with Crippen LogP contribution in [-0.2, 0) is 0 Å².